The summed E-state index contributed by atoms with van der Waals surface area (Å²) >= 11 is 3.59. The Bertz CT molecular complexity index is 471. The van der Waals surface area contributed by atoms with Crippen LogP contribution in [0.3, 0.4) is 0 Å². The Labute approximate surface area is 90.8 Å². The van der Waals surface area contributed by atoms with E-state index in [9.17, 15) is 0 Å². The zero-order valence-corrected chi connectivity index (χ0v) is 9.34. The van der Waals surface area contributed by atoms with Crippen molar-refractivity contribution >= 4 is 26.8 Å². The molecular formula is C11H11BrN2. The quantitative estimate of drug-likeness (QED) is 0.824. The molecule has 0 amide bonds. The average molecular weight is 251 g/mol. The lowest BCUT2D eigenvalue weighted by molar-refractivity contribution is 0.413. The minimum absolute atomic E-state index is 0.707. The van der Waals surface area contributed by atoms with Gasteiger partial charge in [-0.05, 0) is 25.0 Å². The standard InChI is InChI=1S/C11H11BrN2/c12-8-5-2-6-9-10(8)11(14-13-9)7-3-1-4-7/h2,5-7H,1,3-4H2,(H,13,14). The van der Waals surface area contributed by atoms with Crippen LogP contribution in [0.4, 0.5) is 0 Å². The van der Waals surface area contributed by atoms with Crippen LogP contribution in [0, 0.1) is 0 Å². The molecule has 14 heavy (non-hydrogen) atoms. The summed E-state index contributed by atoms with van der Waals surface area (Å²) in [5, 5.41) is 8.78. The molecule has 1 aromatic heterocycles. The van der Waals surface area contributed by atoms with Gasteiger partial charge in [0.05, 0.1) is 5.52 Å². The number of nitrogens with zero attached hydrogens (tertiary/aromatic N) is 1. The number of aromatic nitrogens is 2. The fourth-order valence-corrected chi connectivity index (χ4v) is 2.61. The van der Waals surface area contributed by atoms with E-state index in [2.05, 4.69) is 38.3 Å². The minimum Gasteiger partial charge on any atom is -0.281 e. The number of hydrogen-bond donors (Lipinski definition) is 1. The highest BCUT2D eigenvalue weighted by Gasteiger charge is 2.24. The molecule has 2 aromatic rings. The van der Waals surface area contributed by atoms with Gasteiger partial charge in [-0.15, -0.1) is 0 Å². The second kappa shape index (κ2) is 3.09. The number of rotatable bonds is 1. The zero-order valence-electron chi connectivity index (χ0n) is 7.76. The van der Waals surface area contributed by atoms with Gasteiger partial charge in [0.1, 0.15) is 0 Å². The van der Waals surface area contributed by atoms with E-state index in [0.29, 0.717) is 5.92 Å². The van der Waals surface area contributed by atoms with Crippen LogP contribution in [0.1, 0.15) is 30.9 Å². The van der Waals surface area contributed by atoms with E-state index < -0.39 is 0 Å². The number of benzene rings is 1. The van der Waals surface area contributed by atoms with Crippen molar-refractivity contribution in [3.8, 4) is 0 Å². The lowest BCUT2D eigenvalue weighted by atomic mass is 9.82. The lowest BCUT2D eigenvalue weighted by Gasteiger charge is -2.24. The smallest absolute Gasteiger partial charge is 0.0935 e. The molecule has 1 saturated carbocycles. The summed E-state index contributed by atoms with van der Waals surface area (Å²) < 4.78 is 1.16. The lowest BCUT2D eigenvalue weighted by Crippen LogP contribution is -2.09. The molecule has 2 nitrogen and oxygen atoms in total. The second-order valence-corrected chi connectivity index (χ2v) is 4.75. The zero-order chi connectivity index (χ0) is 9.54. The molecule has 1 aliphatic carbocycles. The topological polar surface area (TPSA) is 28.7 Å². The number of fused-ring (bicyclic) bond motifs is 1. The monoisotopic (exact) mass is 250 g/mol. The molecule has 0 bridgehead atoms. The maximum atomic E-state index is 4.33. The summed E-state index contributed by atoms with van der Waals surface area (Å²) in [6, 6.07) is 6.16. The van der Waals surface area contributed by atoms with Gasteiger partial charge < -0.3 is 0 Å². The summed E-state index contributed by atoms with van der Waals surface area (Å²) in [6.45, 7) is 0. The average Bonchev–Trinajstić information content (AvgIpc) is 2.47. The number of nitrogens with one attached hydrogen (secondary N) is 1. The van der Waals surface area contributed by atoms with E-state index in [-0.39, 0.29) is 0 Å². The van der Waals surface area contributed by atoms with Crippen LogP contribution in [0.5, 0.6) is 0 Å². The van der Waals surface area contributed by atoms with Crippen LogP contribution in [0.15, 0.2) is 22.7 Å². The second-order valence-electron chi connectivity index (χ2n) is 3.90. The highest BCUT2D eigenvalue weighted by atomic mass is 79.9. The summed E-state index contributed by atoms with van der Waals surface area (Å²) in [7, 11) is 0. The SMILES string of the molecule is Brc1cccc2n[nH]c(C3CCC3)c12. The number of aromatic amines is 1. The number of H-pyrrole nitrogens is 1. The first-order chi connectivity index (χ1) is 6.86. The molecule has 0 radical (unpaired) electrons. The molecule has 72 valence electrons. The van der Waals surface area contributed by atoms with E-state index in [1.165, 1.54) is 30.3 Å². The molecule has 3 rings (SSSR count). The Kier molecular flexibility index (Phi) is 1.87. The fraction of sp³-hybridized carbons (Fsp3) is 0.364. The van der Waals surface area contributed by atoms with Crippen molar-refractivity contribution in [3.63, 3.8) is 0 Å². The van der Waals surface area contributed by atoms with Gasteiger partial charge in [0.15, 0.2) is 0 Å². The van der Waals surface area contributed by atoms with Crippen molar-refractivity contribution in [2.45, 2.75) is 25.2 Å². The van der Waals surface area contributed by atoms with Gasteiger partial charge in [0.2, 0.25) is 0 Å². The van der Waals surface area contributed by atoms with Crippen molar-refractivity contribution < 1.29 is 0 Å². The Morgan fingerprint density at radius 1 is 1.36 bits per heavy atom. The largest absolute Gasteiger partial charge is 0.281 e. The normalized spacial score (nSPS) is 17.2. The molecule has 0 aliphatic heterocycles. The summed E-state index contributed by atoms with van der Waals surface area (Å²) in [4.78, 5) is 0. The Balaban J connectivity index is 2.23. The highest BCUT2D eigenvalue weighted by Crippen LogP contribution is 2.40. The van der Waals surface area contributed by atoms with Crippen molar-refractivity contribution in [1.82, 2.24) is 10.2 Å². The third kappa shape index (κ3) is 1.12. The number of hydrogen-bond acceptors (Lipinski definition) is 1. The van der Waals surface area contributed by atoms with Gasteiger partial charge in [-0.1, -0.05) is 28.4 Å². The van der Waals surface area contributed by atoms with E-state index in [4.69, 9.17) is 0 Å². The van der Waals surface area contributed by atoms with Gasteiger partial charge in [-0.25, -0.2) is 0 Å². The van der Waals surface area contributed by atoms with Crippen LogP contribution in [0.2, 0.25) is 0 Å². The molecular weight excluding hydrogens is 240 g/mol. The van der Waals surface area contributed by atoms with Crippen LogP contribution in [-0.2, 0) is 0 Å². The molecule has 0 unspecified atom stereocenters. The molecule has 1 aromatic carbocycles. The van der Waals surface area contributed by atoms with Crippen molar-refractivity contribution in [3.05, 3.63) is 28.4 Å². The third-order valence-electron chi connectivity index (χ3n) is 3.07. The molecule has 1 aliphatic rings. The Morgan fingerprint density at radius 3 is 2.93 bits per heavy atom. The Morgan fingerprint density at radius 2 is 2.21 bits per heavy atom. The van der Waals surface area contributed by atoms with E-state index in [0.717, 1.165) is 9.99 Å². The van der Waals surface area contributed by atoms with Crippen molar-refractivity contribution in [2.24, 2.45) is 0 Å². The molecule has 0 saturated heterocycles. The van der Waals surface area contributed by atoms with Crippen LogP contribution in [0.25, 0.3) is 10.9 Å². The van der Waals surface area contributed by atoms with Gasteiger partial charge in [0, 0.05) is 21.5 Å². The van der Waals surface area contributed by atoms with Crippen LogP contribution < -0.4 is 0 Å². The van der Waals surface area contributed by atoms with E-state index in [1.54, 1.807) is 0 Å². The molecule has 3 heteroatoms. The van der Waals surface area contributed by atoms with Gasteiger partial charge >= 0.3 is 0 Å². The highest BCUT2D eigenvalue weighted by molar-refractivity contribution is 9.10. The number of halogens is 1. The minimum atomic E-state index is 0.707. The van der Waals surface area contributed by atoms with E-state index in [1.807, 2.05) is 6.07 Å². The fourth-order valence-electron chi connectivity index (χ4n) is 2.04. The third-order valence-corrected chi connectivity index (χ3v) is 3.73. The van der Waals surface area contributed by atoms with Gasteiger partial charge in [-0.2, -0.15) is 5.10 Å². The van der Waals surface area contributed by atoms with E-state index >= 15 is 0 Å². The first-order valence-electron chi connectivity index (χ1n) is 4.99. The predicted molar refractivity (Wildman–Crippen MR) is 60.4 cm³/mol. The molecule has 0 atom stereocenters. The van der Waals surface area contributed by atoms with Crippen molar-refractivity contribution in [2.75, 3.05) is 0 Å². The molecule has 0 spiro atoms. The predicted octanol–water partition coefficient (Wildman–Crippen LogP) is 3.59. The van der Waals surface area contributed by atoms with Crippen molar-refractivity contribution in [1.29, 1.82) is 0 Å². The summed E-state index contributed by atoms with van der Waals surface area (Å²) in [5.74, 6) is 0.707. The maximum absolute atomic E-state index is 4.33. The van der Waals surface area contributed by atoms with Crippen LogP contribution >= 0.6 is 15.9 Å². The Hall–Kier alpha value is -0.830. The van der Waals surface area contributed by atoms with Crippen LogP contribution in [-0.4, -0.2) is 10.2 Å². The summed E-state index contributed by atoms with van der Waals surface area (Å²) in [5.41, 5.74) is 2.39. The van der Waals surface area contributed by atoms with Gasteiger partial charge in [0.25, 0.3) is 0 Å². The van der Waals surface area contributed by atoms with Gasteiger partial charge in [-0.3, -0.25) is 5.10 Å². The summed E-state index contributed by atoms with van der Waals surface area (Å²) in [6.07, 6.45) is 3.97. The molecule has 1 fully saturated rings. The maximum Gasteiger partial charge on any atom is 0.0935 e. The molecule has 1 N–H and O–H groups in total. The first kappa shape index (κ1) is 8.48. The first-order valence-corrected chi connectivity index (χ1v) is 5.78. The molecule has 1 heterocycles.